The maximum atomic E-state index is 13.9. The van der Waals surface area contributed by atoms with Crippen molar-refractivity contribution in [2.45, 2.75) is 38.0 Å². The van der Waals surface area contributed by atoms with E-state index in [-0.39, 0.29) is 11.9 Å². The van der Waals surface area contributed by atoms with Crippen molar-refractivity contribution in [1.82, 2.24) is 14.1 Å². The number of piperazine rings is 1. The standard InChI is InChI=1S/C27H31FN4O5S/c1-18(2)38(34,35)31-11-9-30(10-12-31)25-17-29-32(22-6-4-5-21(28)16-22)27(33)26(25)37-24-13-19-7-8-23(36-3)14-20(19)15-24/h4-8,14,16-18,24H,9-13,15H2,1-3H3. The van der Waals surface area contributed by atoms with Gasteiger partial charge in [0.15, 0.2) is 0 Å². The summed E-state index contributed by atoms with van der Waals surface area (Å²) in [5.41, 5.74) is 2.52. The van der Waals surface area contributed by atoms with E-state index >= 15 is 0 Å². The number of nitrogens with zero attached hydrogens (tertiary/aromatic N) is 4. The Morgan fingerprint density at radius 1 is 1.03 bits per heavy atom. The Hall–Kier alpha value is -3.44. The SMILES string of the molecule is COc1ccc2c(c1)CC(Oc1c(N3CCN(S(=O)(=O)C(C)C)CC3)cnn(-c3cccc(F)c3)c1=O)C2. The van der Waals surface area contributed by atoms with Gasteiger partial charge in [0.1, 0.15) is 23.4 Å². The van der Waals surface area contributed by atoms with E-state index in [0.717, 1.165) is 21.6 Å². The van der Waals surface area contributed by atoms with Crippen LogP contribution in [-0.2, 0) is 22.9 Å². The molecule has 1 saturated heterocycles. The van der Waals surface area contributed by atoms with E-state index in [1.165, 1.54) is 22.5 Å². The number of hydrogen-bond donors (Lipinski definition) is 0. The molecule has 1 aliphatic carbocycles. The van der Waals surface area contributed by atoms with Gasteiger partial charge in [-0.25, -0.2) is 12.8 Å². The first-order valence-electron chi connectivity index (χ1n) is 12.6. The summed E-state index contributed by atoms with van der Waals surface area (Å²) in [5, 5.41) is 3.82. The van der Waals surface area contributed by atoms with Gasteiger partial charge in [-0.1, -0.05) is 12.1 Å². The molecule has 0 amide bonds. The average molecular weight is 543 g/mol. The topological polar surface area (TPSA) is 94.0 Å². The molecule has 1 fully saturated rings. The number of aromatic nitrogens is 2. The lowest BCUT2D eigenvalue weighted by Crippen LogP contribution is -2.50. The van der Waals surface area contributed by atoms with Crippen LogP contribution in [0.4, 0.5) is 10.1 Å². The minimum Gasteiger partial charge on any atom is -0.497 e. The molecule has 0 spiro atoms. The van der Waals surface area contributed by atoms with Crippen molar-refractivity contribution in [3.05, 3.63) is 76.0 Å². The van der Waals surface area contributed by atoms with Crippen LogP contribution in [0.2, 0.25) is 0 Å². The number of anilines is 1. The van der Waals surface area contributed by atoms with Crippen LogP contribution in [0, 0.1) is 5.82 Å². The number of hydrogen-bond acceptors (Lipinski definition) is 7. The number of fused-ring (bicyclic) bond motifs is 1. The Morgan fingerprint density at radius 2 is 1.76 bits per heavy atom. The lowest BCUT2D eigenvalue weighted by Gasteiger charge is -2.36. The second-order valence-electron chi connectivity index (χ2n) is 9.82. The smallest absolute Gasteiger partial charge is 0.316 e. The summed E-state index contributed by atoms with van der Waals surface area (Å²) < 4.78 is 53.6. The third kappa shape index (κ3) is 5.00. The molecule has 0 N–H and O–H groups in total. The Kier molecular flexibility index (Phi) is 7.15. The average Bonchev–Trinajstić information content (AvgIpc) is 3.31. The lowest BCUT2D eigenvalue weighted by atomic mass is 10.1. The van der Waals surface area contributed by atoms with Gasteiger partial charge in [0.2, 0.25) is 15.8 Å². The van der Waals surface area contributed by atoms with Gasteiger partial charge in [-0.05, 0) is 55.3 Å². The Morgan fingerprint density at radius 3 is 2.45 bits per heavy atom. The van der Waals surface area contributed by atoms with Gasteiger partial charge in [0.05, 0.1) is 24.2 Å². The van der Waals surface area contributed by atoms with Crippen LogP contribution in [-0.4, -0.2) is 67.1 Å². The van der Waals surface area contributed by atoms with Gasteiger partial charge in [0, 0.05) is 39.0 Å². The van der Waals surface area contributed by atoms with Gasteiger partial charge in [-0.15, -0.1) is 0 Å². The van der Waals surface area contributed by atoms with Crippen LogP contribution < -0.4 is 19.9 Å². The number of sulfonamides is 1. The first kappa shape index (κ1) is 26.2. The van der Waals surface area contributed by atoms with E-state index in [4.69, 9.17) is 9.47 Å². The van der Waals surface area contributed by atoms with E-state index in [0.29, 0.717) is 50.4 Å². The highest BCUT2D eigenvalue weighted by molar-refractivity contribution is 7.89. The number of rotatable bonds is 7. The molecule has 11 heteroatoms. The molecule has 0 bridgehead atoms. The second kappa shape index (κ2) is 10.4. The zero-order valence-electron chi connectivity index (χ0n) is 21.6. The maximum Gasteiger partial charge on any atom is 0.316 e. The fraction of sp³-hybridized carbons (Fsp3) is 0.407. The van der Waals surface area contributed by atoms with Crippen LogP contribution in [0.3, 0.4) is 0 Å². The van der Waals surface area contributed by atoms with Gasteiger partial charge >= 0.3 is 5.56 Å². The Bertz CT molecular complexity index is 1500. The number of halogens is 1. The van der Waals surface area contributed by atoms with Crippen molar-refractivity contribution in [2.75, 3.05) is 38.2 Å². The van der Waals surface area contributed by atoms with Gasteiger partial charge in [0.25, 0.3) is 0 Å². The van der Waals surface area contributed by atoms with Crippen LogP contribution >= 0.6 is 0 Å². The van der Waals surface area contributed by atoms with Crippen LogP contribution in [0.1, 0.15) is 25.0 Å². The highest BCUT2D eigenvalue weighted by atomic mass is 32.2. The van der Waals surface area contributed by atoms with Crippen molar-refractivity contribution >= 4 is 15.7 Å². The van der Waals surface area contributed by atoms with Crippen LogP contribution in [0.25, 0.3) is 5.69 Å². The third-order valence-corrected chi connectivity index (χ3v) is 9.37. The number of benzene rings is 2. The molecule has 0 radical (unpaired) electrons. The Labute approximate surface area is 221 Å². The molecule has 9 nitrogen and oxygen atoms in total. The van der Waals surface area contributed by atoms with Gasteiger partial charge in [-0.2, -0.15) is 14.1 Å². The number of methoxy groups -OCH3 is 1. The molecule has 202 valence electrons. The predicted molar refractivity (Wildman–Crippen MR) is 142 cm³/mol. The van der Waals surface area contributed by atoms with Crippen LogP contribution in [0.15, 0.2) is 53.5 Å². The summed E-state index contributed by atoms with van der Waals surface area (Å²) in [6.45, 7) is 4.69. The number of ether oxygens (including phenoxy) is 2. The third-order valence-electron chi connectivity index (χ3n) is 7.10. The van der Waals surface area contributed by atoms with Crippen molar-refractivity contribution in [1.29, 1.82) is 0 Å². The van der Waals surface area contributed by atoms with Crippen molar-refractivity contribution in [3.63, 3.8) is 0 Å². The second-order valence-corrected chi connectivity index (χ2v) is 12.3. The first-order valence-corrected chi connectivity index (χ1v) is 14.1. The Balaban J connectivity index is 1.47. The largest absolute Gasteiger partial charge is 0.497 e. The monoisotopic (exact) mass is 542 g/mol. The summed E-state index contributed by atoms with van der Waals surface area (Å²) in [6.07, 6.45) is 2.49. The van der Waals surface area contributed by atoms with E-state index in [1.54, 1.807) is 33.2 Å². The fourth-order valence-corrected chi connectivity index (χ4v) is 6.24. The molecule has 0 saturated carbocycles. The minimum absolute atomic E-state index is 0.120. The molecule has 3 aromatic rings. The molecule has 1 aromatic heterocycles. The zero-order chi connectivity index (χ0) is 27.0. The molecule has 5 rings (SSSR count). The summed E-state index contributed by atoms with van der Waals surface area (Å²) in [7, 11) is -1.76. The van der Waals surface area contributed by atoms with Crippen molar-refractivity contribution < 1.29 is 22.3 Å². The maximum absolute atomic E-state index is 13.9. The van der Waals surface area contributed by atoms with E-state index in [1.807, 2.05) is 23.1 Å². The van der Waals surface area contributed by atoms with E-state index in [9.17, 15) is 17.6 Å². The highest BCUT2D eigenvalue weighted by Crippen LogP contribution is 2.32. The molecule has 2 heterocycles. The molecular formula is C27H31FN4O5S. The summed E-state index contributed by atoms with van der Waals surface area (Å²) >= 11 is 0. The van der Waals surface area contributed by atoms with E-state index < -0.39 is 26.6 Å². The highest BCUT2D eigenvalue weighted by Gasteiger charge is 2.32. The quantitative estimate of drug-likeness (QED) is 0.453. The lowest BCUT2D eigenvalue weighted by molar-refractivity contribution is 0.209. The molecule has 2 aromatic carbocycles. The molecule has 1 aliphatic heterocycles. The van der Waals surface area contributed by atoms with Crippen molar-refractivity contribution in [2.24, 2.45) is 0 Å². The molecular weight excluding hydrogens is 511 g/mol. The molecule has 1 atom stereocenters. The summed E-state index contributed by atoms with van der Waals surface area (Å²) in [5.74, 6) is 0.399. The van der Waals surface area contributed by atoms with E-state index in [2.05, 4.69) is 5.10 Å². The van der Waals surface area contributed by atoms with Crippen molar-refractivity contribution in [3.8, 4) is 17.2 Å². The zero-order valence-corrected chi connectivity index (χ0v) is 22.4. The van der Waals surface area contributed by atoms with Gasteiger partial charge in [-0.3, -0.25) is 4.79 Å². The molecule has 1 unspecified atom stereocenters. The summed E-state index contributed by atoms with van der Waals surface area (Å²) in [6, 6.07) is 11.5. The summed E-state index contributed by atoms with van der Waals surface area (Å²) in [4.78, 5) is 15.6. The molecule has 2 aliphatic rings. The predicted octanol–water partition coefficient (Wildman–Crippen LogP) is 2.79. The fourth-order valence-electron chi connectivity index (χ4n) is 4.97. The normalized spacial score (nSPS) is 18.0. The minimum atomic E-state index is -3.38. The first-order chi connectivity index (χ1) is 18.2. The van der Waals surface area contributed by atoms with Crippen LogP contribution in [0.5, 0.6) is 11.5 Å². The van der Waals surface area contributed by atoms with Gasteiger partial charge < -0.3 is 14.4 Å². The molecule has 38 heavy (non-hydrogen) atoms.